The highest BCUT2D eigenvalue weighted by molar-refractivity contribution is 14.1. The van der Waals surface area contributed by atoms with E-state index in [-0.39, 0.29) is 11.0 Å². The zero-order valence-electron chi connectivity index (χ0n) is 16.1. The fourth-order valence-corrected chi connectivity index (χ4v) is 4.14. The Bertz CT molecular complexity index is 983. The number of aromatic nitrogens is 1. The van der Waals surface area contributed by atoms with Gasteiger partial charge in [-0.15, -0.1) is 11.3 Å². The van der Waals surface area contributed by atoms with Gasteiger partial charge in [-0.1, -0.05) is 12.1 Å². The molecule has 0 radical (unpaired) electrons. The Hall–Kier alpha value is -2.04. The molecule has 0 saturated heterocycles. The Labute approximate surface area is 193 Å². The van der Waals surface area contributed by atoms with Crippen LogP contribution in [0.2, 0.25) is 0 Å². The average molecular weight is 536 g/mol. The van der Waals surface area contributed by atoms with E-state index in [0.717, 1.165) is 30.0 Å². The smallest absolute Gasteiger partial charge is 0.257 e. The molecule has 0 fully saturated rings. The van der Waals surface area contributed by atoms with E-state index in [1.54, 1.807) is 0 Å². The number of halogens is 1. The lowest BCUT2D eigenvalue weighted by Crippen LogP contribution is -2.34. The lowest BCUT2D eigenvalue weighted by Gasteiger charge is -2.21. The van der Waals surface area contributed by atoms with Crippen molar-refractivity contribution in [2.75, 3.05) is 23.3 Å². The van der Waals surface area contributed by atoms with Gasteiger partial charge in [-0.2, -0.15) is 0 Å². The van der Waals surface area contributed by atoms with Crippen molar-refractivity contribution < 1.29 is 4.79 Å². The lowest BCUT2D eigenvalue weighted by molar-refractivity contribution is 0.0978. The number of amides is 1. The van der Waals surface area contributed by atoms with Crippen LogP contribution < -0.4 is 15.5 Å². The highest BCUT2D eigenvalue weighted by Gasteiger charge is 2.11. The molecule has 5 nitrogen and oxygen atoms in total. The molecule has 0 aliphatic carbocycles. The van der Waals surface area contributed by atoms with Crippen LogP contribution in [0.4, 0.5) is 10.8 Å². The number of thiocarbonyl (C=S) groups is 1. The van der Waals surface area contributed by atoms with E-state index in [9.17, 15) is 4.79 Å². The number of hydrogen-bond acceptors (Lipinski definition) is 5. The highest BCUT2D eigenvalue weighted by Crippen LogP contribution is 2.25. The first kappa shape index (κ1) is 21.7. The number of nitrogens with zero attached hydrogens (tertiary/aromatic N) is 2. The minimum atomic E-state index is -0.247. The normalized spacial score (nSPS) is 10.4. The first-order chi connectivity index (χ1) is 14.0. The third-order valence-electron chi connectivity index (χ3n) is 4.35. The van der Waals surface area contributed by atoms with Crippen LogP contribution in [-0.2, 0) is 0 Å². The zero-order valence-corrected chi connectivity index (χ0v) is 19.9. The first-order valence-corrected chi connectivity index (χ1v) is 11.6. The van der Waals surface area contributed by atoms with E-state index in [4.69, 9.17) is 12.2 Å². The number of benzene rings is 2. The number of carbonyl (C=O) groups excluding carboxylic acids is 1. The van der Waals surface area contributed by atoms with E-state index in [0.29, 0.717) is 10.7 Å². The molecule has 2 aromatic carbocycles. The molecule has 1 amide bonds. The molecular formula is C21H21IN4OS2. The van der Waals surface area contributed by atoms with Crippen LogP contribution in [0.3, 0.4) is 0 Å². The molecule has 29 heavy (non-hydrogen) atoms. The summed E-state index contributed by atoms with van der Waals surface area (Å²) in [5, 5.41) is 8.53. The van der Waals surface area contributed by atoms with Crippen molar-refractivity contribution in [3.05, 3.63) is 63.0 Å². The predicted octanol–water partition coefficient (Wildman–Crippen LogP) is 5.39. The SMILES string of the molecule is CCN(CC)c1ccc(C(=O)NC(=S)Nc2nc(-c3ccc(I)cc3)cs2)cc1. The van der Waals surface area contributed by atoms with Gasteiger partial charge >= 0.3 is 0 Å². The molecule has 1 heterocycles. The summed E-state index contributed by atoms with van der Waals surface area (Å²) in [4.78, 5) is 19.2. The summed E-state index contributed by atoms with van der Waals surface area (Å²) >= 11 is 8.99. The van der Waals surface area contributed by atoms with Gasteiger partial charge in [0.05, 0.1) is 5.69 Å². The second kappa shape index (κ2) is 10.1. The Morgan fingerprint density at radius 2 is 1.76 bits per heavy atom. The molecule has 3 rings (SSSR count). The van der Waals surface area contributed by atoms with Crippen molar-refractivity contribution in [3.8, 4) is 11.3 Å². The fraction of sp³-hybridized carbons (Fsp3) is 0.190. The highest BCUT2D eigenvalue weighted by atomic mass is 127. The van der Waals surface area contributed by atoms with Gasteiger partial charge in [0.2, 0.25) is 0 Å². The Kier molecular flexibility index (Phi) is 7.57. The van der Waals surface area contributed by atoms with Crippen molar-refractivity contribution in [2.24, 2.45) is 0 Å². The molecule has 0 aliphatic rings. The number of rotatable bonds is 6. The number of nitrogens with one attached hydrogen (secondary N) is 2. The van der Waals surface area contributed by atoms with Gasteiger partial charge < -0.3 is 10.2 Å². The molecule has 3 aromatic rings. The molecule has 0 saturated carbocycles. The second-order valence-corrected chi connectivity index (χ2v) is 8.68. The van der Waals surface area contributed by atoms with Crippen LogP contribution in [0.1, 0.15) is 24.2 Å². The van der Waals surface area contributed by atoms with Crippen molar-refractivity contribution in [2.45, 2.75) is 13.8 Å². The number of thiazole rings is 1. The summed E-state index contributed by atoms with van der Waals surface area (Å²) in [5.41, 5.74) is 3.56. The minimum Gasteiger partial charge on any atom is -0.372 e. The quantitative estimate of drug-likeness (QED) is 0.327. The summed E-state index contributed by atoms with van der Waals surface area (Å²) in [6.07, 6.45) is 0. The van der Waals surface area contributed by atoms with Crippen LogP contribution in [0.15, 0.2) is 53.9 Å². The van der Waals surface area contributed by atoms with Gasteiger partial charge in [-0.25, -0.2) is 4.98 Å². The summed E-state index contributed by atoms with van der Waals surface area (Å²) < 4.78 is 1.17. The van der Waals surface area contributed by atoms with E-state index in [1.807, 2.05) is 53.9 Å². The molecule has 0 atom stereocenters. The van der Waals surface area contributed by atoms with Crippen LogP contribution in [-0.4, -0.2) is 29.1 Å². The van der Waals surface area contributed by atoms with Gasteiger partial charge in [-0.05, 0) is 85.1 Å². The maximum absolute atomic E-state index is 12.5. The molecule has 0 unspecified atom stereocenters. The number of anilines is 2. The number of carbonyl (C=O) groups is 1. The van der Waals surface area contributed by atoms with Gasteiger partial charge in [0.1, 0.15) is 0 Å². The maximum atomic E-state index is 12.5. The summed E-state index contributed by atoms with van der Waals surface area (Å²) in [6, 6.07) is 15.7. The van der Waals surface area contributed by atoms with Crippen molar-refractivity contribution >= 4 is 68.0 Å². The van der Waals surface area contributed by atoms with E-state index in [1.165, 1.54) is 14.9 Å². The monoisotopic (exact) mass is 536 g/mol. The molecule has 1 aromatic heterocycles. The Morgan fingerprint density at radius 3 is 2.38 bits per heavy atom. The standard InChI is InChI=1S/C21H21IN4OS2/c1-3-26(4-2)17-11-7-15(8-12-17)19(27)24-20(28)25-21-23-18(13-29-21)14-5-9-16(22)10-6-14/h5-13H,3-4H2,1-2H3,(H2,23,24,25,27,28). The van der Waals surface area contributed by atoms with Crippen molar-refractivity contribution in [3.63, 3.8) is 0 Å². The largest absolute Gasteiger partial charge is 0.372 e. The van der Waals surface area contributed by atoms with Gasteiger partial charge in [-0.3, -0.25) is 10.1 Å². The summed E-state index contributed by atoms with van der Waals surface area (Å²) in [5.74, 6) is -0.247. The van der Waals surface area contributed by atoms with Crippen LogP contribution in [0, 0.1) is 3.57 Å². The third-order valence-corrected chi connectivity index (χ3v) is 6.03. The number of hydrogen-bond donors (Lipinski definition) is 2. The summed E-state index contributed by atoms with van der Waals surface area (Å²) in [6.45, 7) is 6.07. The lowest BCUT2D eigenvalue weighted by atomic mass is 10.2. The topological polar surface area (TPSA) is 57.3 Å². The van der Waals surface area contributed by atoms with E-state index in [2.05, 4.69) is 57.0 Å². The predicted molar refractivity (Wildman–Crippen MR) is 134 cm³/mol. The van der Waals surface area contributed by atoms with Crippen LogP contribution in [0.5, 0.6) is 0 Å². The van der Waals surface area contributed by atoms with Crippen LogP contribution in [0.25, 0.3) is 11.3 Å². The minimum absolute atomic E-state index is 0.228. The first-order valence-electron chi connectivity index (χ1n) is 9.19. The fourth-order valence-electron chi connectivity index (χ4n) is 2.80. The van der Waals surface area contributed by atoms with Gasteiger partial charge in [0.15, 0.2) is 10.2 Å². The van der Waals surface area contributed by atoms with Crippen molar-refractivity contribution in [1.82, 2.24) is 10.3 Å². The molecule has 0 bridgehead atoms. The molecule has 0 aliphatic heterocycles. The molecule has 0 spiro atoms. The zero-order chi connectivity index (χ0) is 20.8. The van der Waals surface area contributed by atoms with E-state index >= 15 is 0 Å². The molecule has 8 heteroatoms. The summed E-state index contributed by atoms with van der Waals surface area (Å²) in [7, 11) is 0. The molecular weight excluding hydrogens is 515 g/mol. The molecule has 2 N–H and O–H groups in total. The van der Waals surface area contributed by atoms with E-state index < -0.39 is 0 Å². The average Bonchev–Trinajstić information content (AvgIpc) is 3.18. The van der Waals surface area contributed by atoms with Crippen molar-refractivity contribution in [1.29, 1.82) is 0 Å². The van der Waals surface area contributed by atoms with Gasteiger partial charge in [0.25, 0.3) is 5.91 Å². The van der Waals surface area contributed by atoms with Crippen LogP contribution >= 0.6 is 46.1 Å². The third kappa shape index (κ3) is 5.74. The second-order valence-electron chi connectivity index (χ2n) is 6.17. The Balaban J connectivity index is 1.59. The Morgan fingerprint density at radius 1 is 1.10 bits per heavy atom. The van der Waals surface area contributed by atoms with Gasteiger partial charge in [0, 0.05) is 38.9 Å². The molecule has 150 valence electrons. The maximum Gasteiger partial charge on any atom is 0.257 e.